The standard InChI is InChI=1S/C10H17NO3/c1-10(2,3)14-9(13)11-6-4-5-8(11)7-12/h7-8H,4-6H2,1-3H3/t8-/m0/s1/i7D. The lowest BCUT2D eigenvalue weighted by atomic mass is 10.2. The first-order chi connectivity index (χ1) is 6.81. The quantitative estimate of drug-likeness (QED) is 0.604. The highest BCUT2D eigenvalue weighted by Crippen LogP contribution is 2.19. The average Bonchev–Trinajstić information content (AvgIpc) is 2.47. The molecule has 4 nitrogen and oxygen atoms in total. The number of hydrogen-bond donors (Lipinski definition) is 0. The second-order valence-corrected chi connectivity index (χ2v) is 4.45. The molecule has 0 bridgehead atoms. The third kappa shape index (κ3) is 2.72. The van der Waals surface area contributed by atoms with Crippen LogP contribution in [-0.4, -0.2) is 35.4 Å². The second-order valence-electron chi connectivity index (χ2n) is 4.45. The molecule has 0 N–H and O–H groups in total. The summed E-state index contributed by atoms with van der Waals surface area (Å²) in [5.41, 5.74) is -0.560. The summed E-state index contributed by atoms with van der Waals surface area (Å²) in [4.78, 5) is 23.9. The summed E-state index contributed by atoms with van der Waals surface area (Å²) < 4.78 is 12.2. The van der Waals surface area contributed by atoms with E-state index in [0.717, 1.165) is 6.42 Å². The van der Waals surface area contributed by atoms with Crippen molar-refractivity contribution in [1.82, 2.24) is 4.90 Å². The van der Waals surface area contributed by atoms with Crippen LogP contribution in [0.15, 0.2) is 0 Å². The van der Waals surface area contributed by atoms with Gasteiger partial charge in [-0.15, -0.1) is 0 Å². The molecule has 14 heavy (non-hydrogen) atoms. The van der Waals surface area contributed by atoms with E-state index in [1.54, 1.807) is 20.8 Å². The lowest BCUT2D eigenvalue weighted by Gasteiger charge is -2.26. The lowest BCUT2D eigenvalue weighted by Crippen LogP contribution is -2.40. The van der Waals surface area contributed by atoms with Gasteiger partial charge in [-0.3, -0.25) is 4.90 Å². The van der Waals surface area contributed by atoms with E-state index in [2.05, 4.69) is 0 Å². The molecule has 0 aliphatic carbocycles. The van der Waals surface area contributed by atoms with E-state index in [1.807, 2.05) is 0 Å². The molecule has 80 valence electrons. The molecule has 1 rings (SSSR count). The largest absolute Gasteiger partial charge is 0.444 e. The summed E-state index contributed by atoms with van der Waals surface area (Å²) in [5.74, 6) is 0. The van der Waals surface area contributed by atoms with Gasteiger partial charge in [0.25, 0.3) is 0 Å². The van der Waals surface area contributed by atoms with Crippen LogP contribution in [0.5, 0.6) is 0 Å². The summed E-state index contributed by atoms with van der Waals surface area (Å²) in [6, 6.07) is -0.611. The van der Waals surface area contributed by atoms with Crippen LogP contribution >= 0.6 is 0 Å². The predicted molar refractivity (Wildman–Crippen MR) is 52.0 cm³/mol. The Bertz CT molecular complexity index is 272. The predicted octanol–water partition coefficient (Wildman–Crippen LogP) is 1.58. The third-order valence-electron chi connectivity index (χ3n) is 2.02. The van der Waals surface area contributed by atoms with Gasteiger partial charge in [0.2, 0.25) is 0 Å². The molecule has 1 atom stereocenters. The lowest BCUT2D eigenvalue weighted by molar-refractivity contribution is -0.111. The minimum Gasteiger partial charge on any atom is -0.444 e. The molecule has 0 aromatic rings. The van der Waals surface area contributed by atoms with Crippen LogP contribution in [0.3, 0.4) is 0 Å². The molecule has 1 amide bonds. The first-order valence-corrected chi connectivity index (χ1v) is 4.81. The number of nitrogens with zero attached hydrogens (tertiary/aromatic N) is 1. The zero-order valence-corrected chi connectivity index (χ0v) is 8.87. The van der Waals surface area contributed by atoms with Crippen molar-refractivity contribution in [1.29, 1.82) is 0 Å². The molecule has 0 unspecified atom stereocenters. The maximum Gasteiger partial charge on any atom is 0.410 e. The number of hydrogen-bond acceptors (Lipinski definition) is 3. The van der Waals surface area contributed by atoms with E-state index in [1.165, 1.54) is 4.90 Å². The minimum absolute atomic E-state index is 0.495. The van der Waals surface area contributed by atoms with E-state index in [4.69, 9.17) is 6.11 Å². The smallest absolute Gasteiger partial charge is 0.410 e. The van der Waals surface area contributed by atoms with Gasteiger partial charge in [0.1, 0.15) is 13.2 Å². The van der Waals surface area contributed by atoms with Crippen molar-refractivity contribution in [3.05, 3.63) is 0 Å². The highest BCUT2D eigenvalue weighted by atomic mass is 16.6. The Hall–Kier alpha value is -1.06. The average molecular weight is 200 g/mol. The zero-order valence-electron chi connectivity index (χ0n) is 9.87. The second kappa shape index (κ2) is 3.98. The summed E-state index contributed by atoms with van der Waals surface area (Å²) in [7, 11) is 0. The van der Waals surface area contributed by atoms with E-state index in [9.17, 15) is 9.59 Å². The van der Waals surface area contributed by atoms with Crippen molar-refractivity contribution < 1.29 is 15.7 Å². The Morgan fingerprint density at radius 2 is 2.29 bits per heavy atom. The number of amides is 1. The SMILES string of the molecule is [2H]C(=O)[C@@H]1CCCN1C(=O)OC(C)(C)C. The molecule has 1 fully saturated rings. The molecule has 0 aromatic heterocycles. The Kier molecular flexibility index (Phi) is 2.70. The molecule has 0 radical (unpaired) electrons. The molecule has 0 aromatic carbocycles. The van der Waals surface area contributed by atoms with Crippen molar-refractivity contribution in [3.63, 3.8) is 0 Å². The third-order valence-corrected chi connectivity index (χ3v) is 2.02. The Morgan fingerprint density at radius 1 is 1.64 bits per heavy atom. The van der Waals surface area contributed by atoms with Gasteiger partial charge in [0, 0.05) is 6.54 Å². The maximum atomic E-state index is 11.6. The number of ether oxygens (including phenoxy) is 1. The monoisotopic (exact) mass is 200 g/mol. The number of carbonyl (C=O) groups is 2. The molecular weight excluding hydrogens is 182 g/mol. The molecule has 0 saturated carbocycles. The molecular formula is C10H17NO3. The van der Waals surface area contributed by atoms with Crippen LogP contribution in [0, 0.1) is 0 Å². The normalized spacial score (nSPS) is 23.2. The number of likely N-dealkylation sites (tertiary alicyclic amines) is 1. The highest BCUT2D eigenvalue weighted by molar-refractivity contribution is 5.74. The fourth-order valence-corrected chi connectivity index (χ4v) is 1.43. The fraction of sp³-hybridized carbons (Fsp3) is 0.800. The summed E-state index contributed by atoms with van der Waals surface area (Å²) in [5, 5.41) is 0. The van der Waals surface area contributed by atoms with Gasteiger partial charge < -0.3 is 9.53 Å². The van der Waals surface area contributed by atoms with Crippen LogP contribution in [0.25, 0.3) is 0 Å². The Labute approximate surface area is 85.6 Å². The van der Waals surface area contributed by atoms with Crippen LogP contribution in [0.4, 0.5) is 4.79 Å². The van der Waals surface area contributed by atoms with Gasteiger partial charge in [-0.25, -0.2) is 4.79 Å². The first-order valence-electron chi connectivity index (χ1n) is 5.31. The van der Waals surface area contributed by atoms with Crippen LogP contribution < -0.4 is 0 Å². The van der Waals surface area contributed by atoms with Crippen LogP contribution in [0.2, 0.25) is 0 Å². The molecule has 4 heteroatoms. The maximum absolute atomic E-state index is 11.6. The van der Waals surface area contributed by atoms with E-state index in [-0.39, 0.29) is 0 Å². The minimum atomic E-state index is -0.710. The summed E-state index contributed by atoms with van der Waals surface area (Å²) in [6.45, 7) is 5.83. The fourth-order valence-electron chi connectivity index (χ4n) is 1.43. The van der Waals surface area contributed by atoms with Crippen molar-refractivity contribution in [2.24, 2.45) is 0 Å². The van der Waals surface area contributed by atoms with Gasteiger partial charge in [-0.2, -0.15) is 0 Å². The first kappa shape index (κ1) is 9.49. The van der Waals surface area contributed by atoms with Crippen molar-refractivity contribution >= 4 is 12.4 Å². The van der Waals surface area contributed by atoms with Crippen LogP contribution in [-0.2, 0) is 9.53 Å². The topological polar surface area (TPSA) is 46.6 Å². The summed E-state index contributed by atoms with van der Waals surface area (Å²) in [6.07, 6.45) is 0.125. The van der Waals surface area contributed by atoms with Gasteiger partial charge in [0.15, 0.2) is 0 Å². The van der Waals surface area contributed by atoms with E-state index >= 15 is 0 Å². The Balaban J connectivity index is 2.63. The van der Waals surface area contributed by atoms with E-state index in [0.29, 0.717) is 13.0 Å². The van der Waals surface area contributed by atoms with Gasteiger partial charge in [-0.05, 0) is 33.6 Å². The molecule has 1 saturated heterocycles. The molecule has 1 aliphatic heterocycles. The number of aldehydes is 1. The van der Waals surface area contributed by atoms with Gasteiger partial charge in [-0.1, -0.05) is 0 Å². The number of rotatable bonds is 1. The molecule has 1 aliphatic rings. The number of carbonyl (C=O) groups excluding carboxylic acids is 2. The zero-order chi connectivity index (χ0) is 11.6. The highest BCUT2D eigenvalue weighted by Gasteiger charge is 2.31. The van der Waals surface area contributed by atoms with Gasteiger partial charge >= 0.3 is 6.09 Å². The van der Waals surface area contributed by atoms with Gasteiger partial charge in [0.05, 0.1) is 6.04 Å². The van der Waals surface area contributed by atoms with Crippen LogP contribution in [0.1, 0.15) is 35.0 Å². The summed E-state index contributed by atoms with van der Waals surface area (Å²) >= 11 is 0. The molecule has 0 spiro atoms. The van der Waals surface area contributed by atoms with Crippen molar-refractivity contribution in [2.45, 2.75) is 45.3 Å². The van der Waals surface area contributed by atoms with Crippen molar-refractivity contribution in [2.75, 3.05) is 6.54 Å². The van der Waals surface area contributed by atoms with Crippen molar-refractivity contribution in [3.8, 4) is 0 Å². The molecule has 1 heterocycles. The van der Waals surface area contributed by atoms with E-state index < -0.39 is 24.0 Å². The Morgan fingerprint density at radius 3 is 2.79 bits per heavy atom.